The minimum atomic E-state index is 0.483. The van der Waals surface area contributed by atoms with Crippen LogP contribution in [0.3, 0.4) is 0 Å². The van der Waals surface area contributed by atoms with E-state index in [1.807, 2.05) is 13.0 Å². The monoisotopic (exact) mass is 146 g/mol. The van der Waals surface area contributed by atoms with Crippen molar-refractivity contribution in [3.05, 3.63) is 49.1 Å². The molecule has 2 atom stereocenters. The number of rotatable bonds is 2. The molecular weight excluding hydrogens is 132 g/mol. The van der Waals surface area contributed by atoms with Crippen molar-refractivity contribution in [1.29, 1.82) is 0 Å². The van der Waals surface area contributed by atoms with Gasteiger partial charge in [0.05, 0.1) is 0 Å². The molecule has 0 amide bonds. The van der Waals surface area contributed by atoms with E-state index in [0.717, 1.165) is 0 Å². The zero-order chi connectivity index (χ0) is 8.10. The first-order chi connectivity index (χ1) is 5.38. The minimum Gasteiger partial charge on any atom is -0.102 e. The lowest BCUT2D eigenvalue weighted by Crippen LogP contribution is -2.06. The summed E-state index contributed by atoms with van der Waals surface area (Å²) in [6.07, 6.45) is 14.8. The lowest BCUT2D eigenvalue weighted by atomic mass is 9.88. The third kappa shape index (κ3) is 1.94. The molecule has 0 aromatic rings. The van der Waals surface area contributed by atoms with Crippen molar-refractivity contribution in [2.45, 2.75) is 6.92 Å². The van der Waals surface area contributed by atoms with Crippen molar-refractivity contribution < 1.29 is 0 Å². The van der Waals surface area contributed by atoms with Gasteiger partial charge in [-0.15, -0.1) is 6.58 Å². The average molecular weight is 146 g/mol. The highest BCUT2D eigenvalue weighted by atomic mass is 14.1. The summed E-state index contributed by atoms with van der Waals surface area (Å²) in [6.45, 7) is 5.85. The molecule has 0 heteroatoms. The Morgan fingerprint density at radius 3 is 2.36 bits per heavy atom. The molecule has 0 fully saturated rings. The van der Waals surface area contributed by atoms with E-state index in [9.17, 15) is 0 Å². The van der Waals surface area contributed by atoms with Crippen molar-refractivity contribution in [3.63, 3.8) is 0 Å². The molecule has 0 nitrogen and oxygen atoms in total. The second-order valence-electron chi connectivity index (χ2n) is 2.69. The molecule has 0 bridgehead atoms. The van der Waals surface area contributed by atoms with Crippen LogP contribution in [0.1, 0.15) is 6.92 Å². The van der Waals surface area contributed by atoms with Gasteiger partial charge < -0.3 is 0 Å². The molecule has 0 saturated heterocycles. The number of hydrogen-bond acceptors (Lipinski definition) is 0. The Kier molecular flexibility index (Phi) is 2.91. The summed E-state index contributed by atoms with van der Waals surface area (Å²) in [5.74, 6) is 0.999. The van der Waals surface area contributed by atoms with E-state index in [4.69, 9.17) is 0 Å². The fraction of sp³-hybridized carbons (Fsp3) is 0.273. The maximum Gasteiger partial charge on any atom is 0.00471 e. The average Bonchev–Trinajstić information content (AvgIpc) is 2.06. The SMILES string of the molecule is C=CC1C=CC=CC1/C=C\C. The molecule has 0 aromatic carbocycles. The zero-order valence-corrected chi connectivity index (χ0v) is 6.90. The second kappa shape index (κ2) is 3.97. The van der Waals surface area contributed by atoms with Crippen LogP contribution in [0.5, 0.6) is 0 Å². The summed E-state index contributed by atoms with van der Waals surface area (Å²) in [4.78, 5) is 0. The smallest absolute Gasteiger partial charge is 0.00471 e. The minimum absolute atomic E-state index is 0.483. The van der Waals surface area contributed by atoms with E-state index in [1.54, 1.807) is 0 Å². The molecule has 0 radical (unpaired) electrons. The van der Waals surface area contributed by atoms with Gasteiger partial charge in [-0.2, -0.15) is 0 Å². The molecular formula is C11H14. The maximum atomic E-state index is 3.80. The Bertz CT molecular complexity index is 206. The van der Waals surface area contributed by atoms with Crippen molar-refractivity contribution >= 4 is 0 Å². The van der Waals surface area contributed by atoms with Gasteiger partial charge in [-0.3, -0.25) is 0 Å². The second-order valence-corrected chi connectivity index (χ2v) is 2.69. The zero-order valence-electron chi connectivity index (χ0n) is 6.90. The van der Waals surface area contributed by atoms with Crippen LogP contribution in [0.4, 0.5) is 0 Å². The molecule has 0 aliphatic heterocycles. The molecule has 11 heavy (non-hydrogen) atoms. The highest BCUT2D eigenvalue weighted by molar-refractivity contribution is 5.21. The molecule has 0 heterocycles. The Morgan fingerprint density at radius 2 is 1.82 bits per heavy atom. The predicted molar refractivity (Wildman–Crippen MR) is 50.3 cm³/mol. The molecule has 1 aliphatic carbocycles. The first kappa shape index (κ1) is 8.06. The van der Waals surface area contributed by atoms with Crippen LogP contribution in [0, 0.1) is 11.8 Å². The summed E-state index contributed by atoms with van der Waals surface area (Å²) >= 11 is 0. The highest BCUT2D eigenvalue weighted by Crippen LogP contribution is 2.21. The highest BCUT2D eigenvalue weighted by Gasteiger charge is 2.10. The third-order valence-electron chi connectivity index (χ3n) is 1.91. The number of hydrogen-bond donors (Lipinski definition) is 0. The molecule has 58 valence electrons. The lowest BCUT2D eigenvalue weighted by molar-refractivity contribution is 0.668. The van der Waals surface area contributed by atoms with E-state index in [1.165, 1.54) is 0 Å². The van der Waals surface area contributed by atoms with Gasteiger partial charge >= 0.3 is 0 Å². The van der Waals surface area contributed by atoms with Crippen LogP contribution in [0.25, 0.3) is 0 Å². The maximum absolute atomic E-state index is 3.80. The van der Waals surface area contributed by atoms with E-state index in [0.29, 0.717) is 11.8 Å². The van der Waals surface area contributed by atoms with Gasteiger partial charge in [0.1, 0.15) is 0 Å². The first-order valence-electron chi connectivity index (χ1n) is 3.99. The van der Waals surface area contributed by atoms with Gasteiger partial charge in [-0.1, -0.05) is 42.5 Å². The normalized spacial score (nSPS) is 29.5. The van der Waals surface area contributed by atoms with E-state index < -0.39 is 0 Å². The Labute approximate surface area is 68.6 Å². The summed E-state index contributed by atoms with van der Waals surface area (Å²) in [6, 6.07) is 0. The van der Waals surface area contributed by atoms with Crippen molar-refractivity contribution in [2.24, 2.45) is 11.8 Å². The van der Waals surface area contributed by atoms with E-state index >= 15 is 0 Å². The Balaban J connectivity index is 2.70. The van der Waals surface area contributed by atoms with Gasteiger partial charge in [-0.25, -0.2) is 0 Å². The Morgan fingerprint density at radius 1 is 1.18 bits per heavy atom. The molecule has 0 spiro atoms. The van der Waals surface area contributed by atoms with Crippen molar-refractivity contribution in [2.75, 3.05) is 0 Å². The quantitative estimate of drug-likeness (QED) is 0.525. The van der Waals surface area contributed by atoms with Gasteiger partial charge in [0.15, 0.2) is 0 Å². The fourth-order valence-electron chi connectivity index (χ4n) is 1.29. The van der Waals surface area contributed by atoms with E-state index in [-0.39, 0.29) is 0 Å². The molecule has 0 saturated carbocycles. The molecule has 1 aliphatic rings. The summed E-state index contributed by atoms with van der Waals surface area (Å²) < 4.78 is 0. The van der Waals surface area contributed by atoms with Gasteiger partial charge in [0.2, 0.25) is 0 Å². The van der Waals surface area contributed by atoms with Crippen molar-refractivity contribution in [1.82, 2.24) is 0 Å². The molecule has 0 aromatic heterocycles. The van der Waals surface area contributed by atoms with Gasteiger partial charge in [0.25, 0.3) is 0 Å². The Hall–Kier alpha value is -1.04. The first-order valence-corrected chi connectivity index (χ1v) is 3.99. The third-order valence-corrected chi connectivity index (χ3v) is 1.91. The van der Waals surface area contributed by atoms with Crippen LogP contribution in [-0.2, 0) is 0 Å². The summed E-state index contributed by atoms with van der Waals surface area (Å²) in [7, 11) is 0. The lowest BCUT2D eigenvalue weighted by Gasteiger charge is -2.16. The standard InChI is InChI=1S/C11H14/c1-3-7-11-9-6-5-8-10(11)4-2/h3-11H,2H2,1H3/b7-3-. The fourth-order valence-corrected chi connectivity index (χ4v) is 1.29. The van der Waals surface area contributed by atoms with Gasteiger partial charge in [0, 0.05) is 11.8 Å². The largest absolute Gasteiger partial charge is 0.102 e. The van der Waals surface area contributed by atoms with Crippen molar-refractivity contribution in [3.8, 4) is 0 Å². The van der Waals surface area contributed by atoms with Crippen LogP contribution in [0.2, 0.25) is 0 Å². The molecule has 1 rings (SSSR count). The summed E-state index contributed by atoms with van der Waals surface area (Å²) in [5, 5.41) is 0. The van der Waals surface area contributed by atoms with Gasteiger partial charge in [-0.05, 0) is 6.92 Å². The molecule has 2 unspecified atom stereocenters. The van der Waals surface area contributed by atoms with Crippen LogP contribution in [-0.4, -0.2) is 0 Å². The van der Waals surface area contributed by atoms with Crippen LogP contribution >= 0.6 is 0 Å². The van der Waals surface area contributed by atoms with E-state index in [2.05, 4.69) is 43.0 Å². The number of allylic oxidation sites excluding steroid dienone is 7. The molecule has 0 N–H and O–H groups in total. The summed E-state index contributed by atoms with van der Waals surface area (Å²) in [5.41, 5.74) is 0. The van der Waals surface area contributed by atoms with Crippen LogP contribution < -0.4 is 0 Å². The predicted octanol–water partition coefficient (Wildman–Crippen LogP) is 3.11. The topological polar surface area (TPSA) is 0 Å². The van der Waals surface area contributed by atoms with Crippen LogP contribution in [0.15, 0.2) is 49.1 Å².